The largest absolute Gasteiger partial charge is 0.497 e. The predicted octanol–water partition coefficient (Wildman–Crippen LogP) is 4.72. The van der Waals surface area contributed by atoms with Gasteiger partial charge in [0, 0.05) is 22.7 Å². The number of aromatic nitrogens is 1. The predicted molar refractivity (Wildman–Crippen MR) is 108 cm³/mol. The Kier molecular flexibility index (Phi) is 5.98. The van der Waals surface area contributed by atoms with Gasteiger partial charge in [0.25, 0.3) is 5.91 Å². The van der Waals surface area contributed by atoms with Gasteiger partial charge in [0.05, 0.1) is 19.9 Å². The van der Waals surface area contributed by atoms with Crippen LogP contribution < -0.4 is 14.8 Å². The van der Waals surface area contributed by atoms with Gasteiger partial charge in [0.15, 0.2) is 0 Å². The van der Waals surface area contributed by atoms with Gasteiger partial charge >= 0.3 is 0 Å². The van der Waals surface area contributed by atoms with Crippen molar-refractivity contribution < 1.29 is 14.3 Å². The third-order valence-corrected chi connectivity index (χ3v) is 5.48. The van der Waals surface area contributed by atoms with Crippen molar-refractivity contribution in [1.29, 1.82) is 0 Å². The molecule has 7 heteroatoms. The van der Waals surface area contributed by atoms with E-state index < -0.39 is 0 Å². The average molecular weight is 403 g/mol. The van der Waals surface area contributed by atoms with Gasteiger partial charge in [-0.15, -0.1) is 11.3 Å². The summed E-state index contributed by atoms with van der Waals surface area (Å²) >= 11 is 7.29. The van der Waals surface area contributed by atoms with E-state index in [0.717, 1.165) is 16.1 Å². The fourth-order valence-electron chi connectivity index (χ4n) is 2.60. The van der Waals surface area contributed by atoms with Crippen molar-refractivity contribution >= 4 is 28.8 Å². The van der Waals surface area contributed by atoms with Crippen LogP contribution in [0.5, 0.6) is 11.5 Å². The number of rotatable bonds is 6. The quantitative estimate of drug-likeness (QED) is 0.648. The molecule has 27 heavy (non-hydrogen) atoms. The summed E-state index contributed by atoms with van der Waals surface area (Å²) in [6.07, 6.45) is 0. The number of hydrogen-bond donors (Lipinski definition) is 1. The highest BCUT2D eigenvalue weighted by molar-refractivity contribution is 7.17. The lowest BCUT2D eigenvalue weighted by Gasteiger charge is -2.11. The Bertz CT molecular complexity index is 954. The van der Waals surface area contributed by atoms with Crippen LogP contribution in [-0.4, -0.2) is 25.1 Å². The Labute approximate surface area is 166 Å². The molecule has 0 aliphatic heterocycles. The SMILES string of the molecule is COc1ccc(OC)c(CNC(=O)c2sc(-c3ccc(Cl)cc3)nc2C)c1. The van der Waals surface area contributed by atoms with Crippen LogP contribution in [0.15, 0.2) is 42.5 Å². The smallest absolute Gasteiger partial charge is 0.263 e. The molecule has 3 aromatic rings. The molecule has 0 saturated carbocycles. The molecular formula is C20H19ClN2O3S. The molecule has 3 rings (SSSR count). The number of benzene rings is 2. The summed E-state index contributed by atoms with van der Waals surface area (Å²) < 4.78 is 10.6. The van der Waals surface area contributed by atoms with Crippen LogP contribution in [0.2, 0.25) is 5.02 Å². The van der Waals surface area contributed by atoms with Gasteiger partial charge in [-0.1, -0.05) is 23.7 Å². The minimum Gasteiger partial charge on any atom is -0.497 e. The maximum Gasteiger partial charge on any atom is 0.263 e. The maximum atomic E-state index is 12.7. The van der Waals surface area contributed by atoms with Crippen LogP contribution in [0.25, 0.3) is 10.6 Å². The average Bonchev–Trinajstić information content (AvgIpc) is 3.08. The number of thiazole rings is 1. The highest BCUT2D eigenvalue weighted by atomic mass is 35.5. The van der Waals surface area contributed by atoms with Crippen molar-refractivity contribution in [2.75, 3.05) is 14.2 Å². The van der Waals surface area contributed by atoms with Gasteiger partial charge < -0.3 is 14.8 Å². The Morgan fingerprint density at radius 1 is 1.15 bits per heavy atom. The van der Waals surface area contributed by atoms with Crippen LogP contribution >= 0.6 is 22.9 Å². The molecule has 0 spiro atoms. The highest BCUT2D eigenvalue weighted by Crippen LogP contribution is 2.29. The molecule has 0 aliphatic rings. The summed E-state index contributed by atoms with van der Waals surface area (Å²) in [6, 6.07) is 12.9. The van der Waals surface area contributed by atoms with Crippen LogP contribution in [0.3, 0.4) is 0 Å². The summed E-state index contributed by atoms with van der Waals surface area (Å²) in [7, 11) is 3.20. The molecule has 2 aromatic carbocycles. The molecule has 0 radical (unpaired) electrons. The van der Waals surface area contributed by atoms with Crippen molar-refractivity contribution in [2.24, 2.45) is 0 Å². The second kappa shape index (κ2) is 8.41. The number of carbonyl (C=O) groups is 1. The van der Waals surface area contributed by atoms with Crippen molar-refractivity contribution in [2.45, 2.75) is 13.5 Å². The van der Waals surface area contributed by atoms with E-state index in [4.69, 9.17) is 21.1 Å². The van der Waals surface area contributed by atoms with Gasteiger partial charge in [-0.3, -0.25) is 4.79 Å². The normalized spacial score (nSPS) is 10.5. The maximum absolute atomic E-state index is 12.7. The Morgan fingerprint density at radius 2 is 1.89 bits per heavy atom. The first-order valence-corrected chi connectivity index (χ1v) is 9.43. The molecule has 1 N–H and O–H groups in total. The minimum absolute atomic E-state index is 0.171. The van der Waals surface area contributed by atoms with Crippen molar-refractivity contribution in [1.82, 2.24) is 10.3 Å². The van der Waals surface area contributed by atoms with E-state index in [1.165, 1.54) is 11.3 Å². The number of nitrogens with zero attached hydrogens (tertiary/aromatic N) is 1. The molecule has 1 heterocycles. The monoisotopic (exact) mass is 402 g/mol. The molecule has 0 unspecified atom stereocenters. The Hall–Kier alpha value is -2.57. The first-order chi connectivity index (χ1) is 13.0. The number of ether oxygens (including phenoxy) is 2. The number of aryl methyl sites for hydroxylation is 1. The van der Waals surface area contributed by atoms with E-state index in [9.17, 15) is 4.79 Å². The fraction of sp³-hybridized carbons (Fsp3) is 0.200. The third kappa shape index (κ3) is 4.40. The molecule has 5 nitrogen and oxygen atoms in total. The molecular weight excluding hydrogens is 384 g/mol. The van der Waals surface area contributed by atoms with Crippen LogP contribution in [0.1, 0.15) is 20.9 Å². The molecule has 0 saturated heterocycles. The van der Waals surface area contributed by atoms with E-state index in [1.807, 2.05) is 49.4 Å². The number of amides is 1. The lowest BCUT2D eigenvalue weighted by molar-refractivity contribution is 0.0954. The van der Waals surface area contributed by atoms with Crippen LogP contribution in [0.4, 0.5) is 0 Å². The number of halogens is 1. The second-order valence-electron chi connectivity index (χ2n) is 5.80. The Morgan fingerprint density at radius 3 is 2.56 bits per heavy atom. The second-order valence-corrected chi connectivity index (χ2v) is 7.24. The molecule has 0 fully saturated rings. The Balaban J connectivity index is 1.76. The summed E-state index contributed by atoms with van der Waals surface area (Å²) in [5, 5.41) is 4.38. The summed E-state index contributed by atoms with van der Waals surface area (Å²) in [5.41, 5.74) is 2.46. The number of methoxy groups -OCH3 is 2. The first-order valence-electron chi connectivity index (χ1n) is 8.24. The van der Waals surface area contributed by atoms with Gasteiger partial charge in [0.1, 0.15) is 21.4 Å². The number of hydrogen-bond acceptors (Lipinski definition) is 5. The standard InChI is InChI=1S/C20H19ClN2O3S/c1-12-18(27-20(23-12)13-4-6-15(21)7-5-13)19(24)22-11-14-10-16(25-2)8-9-17(14)26-3/h4-10H,11H2,1-3H3,(H,22,24). The molecule has 0 bridgehead atoms. The van der Waals surface area contributed by atoms with E-state index in [-0.39, 0.29) is 5.91 Å². The lowest BCUT2D eigenvalue weighted by atomic mass is 10.2. The van der Waals surface area contributed by atoms with Gasteiger partial charge in [-0.2, -0.15) is 0 Å². The summed E-state index contributed by atoms with van der Waals surface area (Å²) in [6.45, 7) is 2.16. The van der Waals surface area contributed by atoms with Crippen LogP contribution in [-0.2, 0) is 6.54 Å². The fourth-order valence-corrected chi connectivity index (χ4v) is 3.71. The van der Waals surface area contributed by atoms with Crippen molar-refractivity contribution in [3.05, 3.63) is 63.6 Å². The molecule has 1 aromatic heterocycles. The van der Waals surface area contributed by atoms with Gasteiger partial charge in [0.2, 0.25) is 0 Å². The number of nitrogens with one attached hydrogen (secondary N) is 1. The zero-order valence-corrected chi connectivity index (χ0v) is 16.8. The lowest BCUT2D eigenvalue weighted by Crippen LogP contribution is -2.22. The topological polar surface area (TPSA) is 60.5 Å². The highest BCUT2D eigenvalue weighted by Gasteiger charge is 2.17. The van der Waals surface area contributed by atoms with Crippen molar-refractivity contribution in [3.8, 4) is 22.1 Å². The number of carbonyl (C=O) groups excluding carboxylic acids is 1. The van der Waals surface area contributed by atoms with E-state index in [2.05, 4.69) is 10.3 Å². The van der Waals surface area contributed by atoms with Gasteiger partial charge in [-0.25, -0.2) is 4.98 Å². The third-order valence-electron chi connectivity index (χ3n) is 4.02. The summed E-state index contributed by atoms with van der Waals surface area (Å²) in [5.74, 6) is 1.23. The molecule has 0 aliphatic carbocycles. The molecule has 0 atom stereocenters. The zero-order chi connectivity index (χ0) is 19.4. The first kappa shape index (κ1) is 19.2. The van der Waals surface area contributed by atoms with E-state index in [1.54, 1.807) is 14.2 Å². The molecule has 140 valence electrons. The van der Waals surface area contributed by atoms with Crippen LogP contribution in [0, 0.1) is 6.92 Å². The van der Waals surface area contributed by atoms with Gasteiger partial charge in [-0.05, 0) is 37.3 Å². The zero-order valence-electron chi connectivity index (χ0n) is 15.2. The minimum atomic E-state index is -0.171. The van der Waals surface area contributed by atoms with Crippen molar-refractivity contribution in [3.63, 3.8) is 0 Å². The van der Waals surface area contributed by atoms with E-state index >= 15 is 0 Å². The molecule has 1 amide bonds. The summed E-state index contributed by atoms with van der Waals surface area (Å²) in [4.78, 5) is 17.8. The van der Waals surface area contributed by atoms with E-state index in [0.29, 0.717) is 33.6 Å².